The van der Waals surface area contributed by atoms with Gasteiger partial charge in [-0.25, -0.2) is 9.37 Å². The molecule has 3 aromatic rings. The Kier molecular flexibility index (Phi) is 6.82. The van der Waals surface area contributed by atoms with Crippen LogP contribution in [0.25, 0.3) is 10.2 Å². The first-order valence-corrected chi connectivity index (χ1v) is 10.7. The molecule has 3 heterocycles. The van der Waals surface area contributed by atoms with Crippen molar-refractivity contribution in [3.63, 3.8) is 0 Å². The molecule has 1 aromatic heterocycles. The monoisotopic (exact) mass is 469 g/mol. The molecule has 2 aliphatic heterocycles. The van der Waals surface area contributed by atoms with E-state index in [-0.39, 0.29) is 36.7 Å². The number of thiazole rings is 1. The zero-order valence-corrected chi connectivity index (χ0v) is 19.2. The Morgan fingerprint density at radius 3 is 2.63 bits per heavy atom. The van der Waals surface area contributed by atoms with Gasteiger partial charge in [-0.15, -0.1) is 24.8 Å². The largest absolute Gasteiger partial charge is 0.488 e. The lowest BCUT2D eigenvalue weighted by molar-refractivity contribution is 0.0843. The minimum absolute atomic E-state index is 0. The molecule has 162 valence electrons. The fraction of sp³-hybridized carbons (Fsp3) is 0.409. The van der Waals surface area contributed by atoms with Crippen molar-refractivity contribution < 1.29 is 9.13 Å². The molecule has 0 spiro atoms. The maximum absolute atomic E-state index is 13.5. The van der Waals surface area contributed by atoms with Crippen LogP contribution in [0.4, 0.5) is 9.52 Å². The zero-order valence-electron chi connectivity index (χ0n) is 16.7. The van der Waals surface area contributed by atoms with Gasteiger partial charge in [0.15, 0.2) is 5.13 Å². The van der Waals surface area contributed by atoms with E-state index in [4.69, 9.17) is 15.5 Å². The number of hydrogen-bond donors (Lipinski definition) is 1. The Labute approximate surface area is 192 Å². The van der Waals surface area contributed by atoms with Gasteiger partial charge in [0.25, 0.3) is 0 Å². The van der Waals surface area contributed by atoms with Crippen LogP contribution in [0.5, 0.6) is 5.75 Å². The Hall–Kier alpha value is -1.60. The lowest BCUT2D eigenvalue weighted by atomic mass is 9.75. The van der Waals surface area contributed by atoms with Crippen molar-refractivity contribution in [2.45, 2.75) is 37.8 Å². The molecule has 2 unspecified atom stereocenters. The van der Waals surface area contributed by atoms with Crippen molar-refractivity contribution in [3.8, 4) is 5.75 Å². The van der Waals surface area contributed by atoms with Gasteiger partial charge < -0.3 is 15.4 Å². The maximum Gasteiger partial charge on any atom is 0.186 e. The highest BCUT2D eigenvalue weighted by molar-refractivity contribution is 7.22. The van der Waals surface area contributed by atoms with E-state index < -0.39 is 5.54 Å². The first-order chi connectivity index (χ1) is 13.5. The Balaban J connectivity index is 0.00000128. The number of nitrogens with two attached hydrogens (primary N) is 1. The summed E-state index contributed by atoms with van der Waals surface area (Å²) in [6, 6.07) is 13.0. The quantitative estimate of drug-likeness (QED) is 0.571. The molecule has 0 radical (unpaired) electrons. The van der Waals surface area contributed by atoms with Gasteiger partial charge in [-0.1, -0.05) is 23.5 Å². The molecule has 1 saturated heterocycles. The van der Waals surface area contributed by atoms with Crippen LogP contribution in [-0.2, 0) is 6.42 Å². The summed E-state index contributed by atoms with van der Waals surface area (Å²) in [4.78, 5) is 7.16. The van der Waals surface area contributed by atoms with Crippen LogP contribution < -0.4 is 15.4 Å². The van der Waals surface area contributed by atoms with Crippen LogP contribution in [0.3, 0.4) is 0 Å². The fourth-order valence-corrected chi connectivity index (χ4v) is 5.53. The standard InChI is InChI=1S/C22H24FN3OS.2ClH/c1-22(24,20-13-14-12-16(23)6-7-18(14)27-20)15-8-10-26(11-9-15)21-25-17-4-2-3-5-19(17)28-21;;/h2-7,12,15,20H,8-11,13,24H2,1H3;2*1H. The number of nitrogens with zero attached hydrogens (tertiary/aromatic N) is 2. The number of aromatic nitrogens is 1. The number of piperidine rings is 1. The number of ether oxygens (including phenoxy) is 1. The lowest BCUT2D eigenvalue weighted by Gasteiger charge is -2.43. The third kappa shape index (κ3) is 4.11. The molecule has 2 atom stereocenters. The van der Waals surface area contributed by atoms with Crippen molar-refractivity contribution in [3.05, 3.63) is 53.8 Å². The average Bonchev–Trinajstić information content (AvgIpc) is 3.32. The molecule has 8 heteroatoms. The van der Waals surface area contributed by atoms with Crippen molar-refractivity contribution in [2.24, 2.45) is 11.7 Å². The number of rotatable bonds is 3. The zero-order chi connectivity index (χ0) is 19.3. The van der Waals surface area contributed by atoms with Crippen LogP contribution in [0.2, 0.25) is 0 Å². The van der Waals surface area contributed by atoms with Crippen molar-refractivity contribution >= 4 is 51.5 Å². The summed E-state index contributed by atoms with van der Waals surface area (Å²) in [6.45, 7) is 4.00. The Bertz CT molecular complexity index is 988. The number of halogens is 3. The van der Waals surface area contributed by atoms with Gasteiger partial charge in [0.1, 0.15) is 17.7 Å². The van der Waals surface area contributed by atoms with Gasteiger partial charge in [0.05, 0.1) is 15.8 Å². The van der Waals surface area contributed by atoms with Crippen LogP contribution in [0.15, 0.2) is 42.5 Å². The first kappa shape index (κ1) is 23.1. The summed E-state index contributed by atoms with van der Waals surface area (Å²) < 4.78 is 20.9. The number of para-hydroxylation sites is 1. The topological polar surface area (TPSA) is 51.4 Å². The van der Waals surface area contributed by atoms with Crippen LogP contribution in [0, 0.1) is 11.7 Å². The van der Waals surface area contributed by atoms with E-state index in [9.17, 15) is 4.39 Å². The second kappa shape index (κ2) is 8.87. The van der Waals surface area contributed by atoms with Crippen LogP contribution in [-0.4, -0.2) is 29.7 Å². The highest BCUT2D eigenvalue weighted by atomic mass is 35.5. The molecule has 0 aliphatic carbocycles. The summed E-state index contributed by atoms with van der Waals surface area (Å²) in [6.07, 6.45) is 2.59. The Morgan fingerprint density at radius 2 is 1.90 bits per heavy atom. The third-order valence-electron chi connectivity index (χ3n) is 6.32. The van der Waals surface area contributed by atoms with E-state index in [1.807, 2.05) is 6.07 Å². The molecular weight excluding hydrogens is 444 g/mol. The molecule has 0 bridgehead atoms. The molecular formula is C22H26Cl2FN3OS. The highest BCUT2D eigenvalue weighted by Crippen LogP contribution is 2.39. The summed E-state index contributed by atoms with van der Waals surface area (Å²) in [5.41, 5.74) is 8.35. The number of anilines is 1. The number of hydrogen-bond acceptors (Lipinski definition) is 5. The summed E-state index contributed by atoms with van der Waals surface area (Å²) in [5.74, 6) is 0.920. The van der Waals surface area contributed by atoms with Crippen molar-refractivity contribution in [1.82, 2.24) is 4.98 Å². The predicted octanol–water partition coefficient (Wildman–Crippen LogP) is 5.22. The first-order valence-electron chi connectivity index (χ1n) is 9.85. The van der Waals surface area contributed by atoms with Gasteiger partial charge in [0, 0.05) is 25.1 Å². The third-order valence-corrected chi connectivity index (χ3v) is 7.42. The molecule has 2 aliphatic rings. The van der Waals surface area contributed by atoms with E-state index in [2.05, 4.69) is 30.0 Å². The molecule has 0 amide bonds. The second-order valence-electron chi connectivity index (χ2n) is 8.15. The van der Waals surface area contributed by atoms with Gasteiger partial charge in [-0.3, -0.25) is 0 Å². The van der Waals surface area contributed by atoms with E-state index in [1.54, 1.807) is 23.5 Å². The smallest absolute Gasteiger partial charge is 0.186 e. The van der Waals surface area contributed by atoms with E-state index >= 15 is 0 Å². The normalized spacial score (nSPS) is 20.6. The van der Waals surface area contributed by atoms with E-state index in [1.165, 1.54) is 10.8 Å². The molecule has 4 nitrogen and oxygen atoms in total. The van der Waals surface area contributed by atoms with Gasteiger partial charge >= 0.3 is 0 Å². The van der Waals surface area contributed by atoms with Crippen molar-refractivity contribution in [2.75, 3.05) is 18.0 Å². The maximum atomic E-state index is 13.5. The molecule has 2 N–H and O–H groups in total. The molecule has 2 aromatic carbocycles. The number of benzene rings is 2. The van der Waals surface area contributed by atoms with E-state index in [0.29, 0.717) is 12.3 Å². The lowest BCUT2D eigenvalue weighted by Crippen LogP contribution is -2.58. The second-order valence-corrected chi connectivity index (χ2v) is 9.16. The van der Waals surface area contributed by atoms with Gasteiger partial charge in [-0.05, 0) is 56.0 Å². The molecule has 30 heavy (non-hydrogen) atoms. The summed E-state index contributed by atoms with van der Waals surface area (Å²) in [5, 5.41) is 1.10. The van der Waals surface area contributed by atoms with Gasteiger partial charge in [0.2, 0.25) is 0 Å². The van der Waals surface area contributed by atoms with Gasteiger partial charge in [-0.2, -0.15) is 0 Å². The molecule has 0 saturated carbocycles. The average molecular weight is 470 g/mol. The molecule has 5 rings (SSSR count). The number of fused-ring (bicyclic) bond motifs is 2. The van der Waals surface area contributed by atoms with E-state index in [0.717, 1.165) is 47.9 Å². The summed E-state index contributed by atoms with van der Waals surface area (Å²) in [7, 11) is 0. The predicted molar refractivity (Wildman–Crippen MR) is 126 cm³/mol. The van der Waals surface area contributed by atoms with Crippen LogP contribution in [0.1, 0.15) is 25.3 Å². The summed E-state index contributed by atoms with van der Waals surface area (Å²) >= 11 is 1.75. The van der Waals surface area contributed by atoms with Crippen LogP contribution >= 0.6 is 36.2 Å². The minimum Gasteiger partial charge on any atom is -0.488 e. The Morgan fingerprint density at radius 1 is 1.17 bits per heavy atom. The fourth-order valence-electron chi connectivity index (χ4n) is 4.52. The highest BCUT2D eigenvalue weighted by Gasteiger charge is 2.44. The van der Waals surface area contributed by atoms with Crippen molar-refractivity contribution in [1.29, 1.82) is 0 Å². The molecule has 1 fully saturated rings. The SMILES string of the molecule is CC(N)(C1CCN(c2nc3ccccc3s2)CC1)C1Cc2cc(F)ccc2O1.Cl.Cl. The minimum atomic E-state index is -0.449.